The van der Waals surface area contributed by atoms with Crippen molar-refractivity contribution in [3.63, 3.8) is 0 Å². The molecule has 0 aliphatic rings. The molecule has 2 aromatic rings. The fourth-order valence-electron chi connectivity index (χ4n) is 1.74. The number of hydrogen-bond donors (Lipinski definition) is 0. The number of methoxy groups -OCH3 is 1. The maximum absolute atomic E-state index is 11.9. The van der Waals surface area contributed by atoms with E-state index < -0.39 is 0 Å². The van der Waals surface area contributed by atoms with Crippen molar-refractivity contribution in [3.8, 4) is 5.75 Å². The third kappa shape index (κ3) is 4.45. The molecule has 0 heterocycles. The summed E-state index contributed by atoms with van der Waals surface area (Å²) in [6.45, 7) is 0. The van der Waals surface area contributed by atoms with E-state index in [0.717, 1.165) is 17.1 Å². The molecular formula is C16H16O2S. The first-order valence-electron chi connectivity index (χ1n) is 6.10. The van der Waals surface area contributed by atoms with Crippen molar-refractivity contribution < 1.29 is 9.53 Å². The molecular weight excluding hydrogens is 256 g/mol. The summed E-state index contributed by atoms with van der Waals surface area (Å²) in [6, 6.07) is 17.7. The van der Waals surface area contributed by atoms with Gasteiger partial charge in [0.05, 0.1) is 7.11 Å². The Kier molecular flexibility index (Phi) is 5.04. The highest BCUT2D eigenvalue weighted by Gasteiger charge is 2.06. The molecule has 0 atom stereocenters. The summed E-state index contributed by atoms with van der Waals surface area (Å²) >= 11 is 1.36. The number of thioether (sulfide) groups is 1. The van der Waals surface area contributed by atoms with Gasteiger partial charge in [-0.3, -0.25) is 4.79 Å². The lowest BCUT2D eigenvalue weighted by atomic mass is 10.1. The Balaban J connectivity index is 1.87. The third-order valence-corrected chi connectivity index (χ3v) is 3.67. The molecule has 0 amide bonds. The van der Waals surface area contributed by atoms with Crippen molar-refractivity contribution in [1.29, 1.82) is 0 Å². The predicted molar refractivity (Wildman–Crippen MR) is 79.4 cm³/mol. The molecule has 0 N–H and O–H groups in total. The Morgan fingerprint density at radius 2 is 1.79 bits per heavy atom. The van der Waals surface area contributed by atoms with Crippen LogP contribution in [0.15, 0.2) is 54.6 Å². The highest BCUT2D eigenvalue weighted by atomic mass is 32.2. The van der Waals surface area contributed by atoms with Gasteiger partial charge in [0.2, 0.25) is 0 Å². The van der Waals surface area contributed by atoms with Crippen molar-refractivity contribution in [3.05, 3.63) is 65.7 Å². The van der Waals surface area contributed by atoms with Crippen LogP contribution < -0.4 is 4.74 Å². The number of carbonyl (C=O) groups is 1. The van der Waals surface area contributed by atoms with Crippen LogP contribution in [0, 0.1) is 0 Å². The van der Waals surface area contributed by atoms with Gasteiger partial charge in [0.25, 0.3) is 0 Å². The Labute approximate surface area is 117 Å². The Morgan fingerprint density at radius 1 is 1.05 bits per heavy atom. The van der Waals surface area contributed by atoms with Gasteiger partial charge in [-0.1, -0.05) is 54.2 Å². The topological polar surface area (TPSA) is 26.3 Å². The molecule has 19 heavy (non-hydrogen) atoms. The highest BCUT2D eigenvalue weighted by molar-refractivity contribution is 8.12. The molecule has 2 aromatic carbocycles. The first-order chi connectivity index (χ1) is 9.28. The van der Waals surface area contributed by atoms with Crippen molar-refractivity contribution >= 4 is 16.9 Å². The molecule has 0 saturated heterocycles. The maximum Gasteiger partial charge on any atom is 0.193 e. The second-order valence-electron chi connectivity index (χ2n) is 4.17. The van der Waals surface area contributed by atoms with Crippen molar-refractivity contribution in [1.82, 2.24) is 0 Å². The summed E-state index contributed by atoms with van der Waals surface area (Å²) in [7, 11) is 1.63. The molecule has 3 heteroatoms. The van der Waals surface area contributed by atoms with Crippen LogP contribution in [0.1, 0.15) is 11.1 Å². The smallest absolute Gasteiger partial charge is 0.193 e. The molecule has 2 nitrogen and oxygen atoms in total. The van der Waals surface area contributed by atoms with Crippen LogP contribution >= 0.6 is 11.8 Å². The second-order valence-corrected chi connectivity index (χ2v) is 5.21. The fraction of sp³-hybridized carbons (Fsp3) is 0.188. The monoisotopic (exact) mass is 272 g/mol. The summed E-state index contributed by atoms with van der Waals surface area (Å²) in [5.74, 6) is 1.52. The number of rotatable bonds is 5. The average Bonchev–Trinajstić information content (AvgIpc) is 2.46. The predicted octanol–water partition coefficient (Wildman–Crippen LogP) is 3.70. The summed E-state index contributed by atoms with van der Waals surface area (Å²) < 4.78 is 5.15. The van der Waals surface area contributed by atoms with E-state index in [1.165, 1.54) is 17.3 Å². The van der Waals surface area contributed by atoms with Crippen LogP contribution in [-0.2, 0) is 17.0 Å². The van der Waals surface area contributed by atoms with Gasteiger partial charge in [0, 0.05) is 12.2 Å². The normalized spacial score (nSPS) is 10.2. The van der Waals surface area contributed by atoms with Crippen LogP contribution in [0.2, 0.25) is 0 Å². The lowest BCUT2D eigenvalue weighted by molar-refractivity contribution is -0.110. The van der Waals surface area contributed by atoms with E-state index in [4.69, 9.17) is 4.74 Å². The molecule has 98 valence electrons. The lowest BCUT2D eigenvalue weighted by Gasteiger charge is -2.04. The van der Waals surface area contributed by atoms with Crippen LogP contribution in [0.5, 0.6) is 5.75 Å². The molecule has 0 aromatic heterocycles. The summed E-state index contributed by atoms with van der Waals surface area (Å²) in [5, 5.41) is 0.178. The number of carbonyl (C=O) groups excluding carboxylic acids is 1. The average molecular weight is 272 g/mol. The summed E-state index contributed by atoms with van der Waals surface area (Å²) in [5.41, 5.74) is 2.16. The Morgan fingerprint density at radius 3 is 2.53 bits per heavy atom. The number of ether oxygens (including phenoxy) is 1. The van der Waals surface area contributed by atoms with Crippen molar-refractivity contribution in [2.24, 2.45) is 0 Å². The quantitative estimate of drug-likeness (QED) is 0.830. The van der Waals surface area contributed by atoms with Crippen LogP contribution in [-0.4, -0.2) is 12.2 Å². The number of hydrogen-bond acceptors (Lipinski definition) is 3. The van der Waals surface area contributed by atoms with E-state index in [0.29, 0.717) is 6.42 Å². The van der Waals surface area contributed by atoms with Gasteiger partial charge in [-0.2, -0.15) is 0 Å². The zero-order valence-corrected chi connectivity index (χ0v) is 11.7. The third-order valence-electron chi connectivity index (χ3n) is 2.73. The van der Waals surface area contributed by atoms with E-state index in [1.807, 2.05) is 54.6 Å². The van der Waals surface area contributed by atoms with Crippen LogP contribution in [0.4, 0.5) is 0 Å². The van der Waals surface area contributed by atoms with Gasteiger partial charge in [-0.15, -0.1) is 0 Å². The van der Waals surface area contributed by atoms with Gasteiger partial charge in [0.1, 0.15) is 5.75 Å². The molecule has 0 radical (unpaired) electrons. The minimum atomic E-state index is 0.178. The Hall–Kier alpha value is -1.74. The van der Waals surface area contributed by atoms with E-state index >= 15 is 0 Å². The first kappa shape index (κ1) is 13.7. The minimum Gasteiger partial charge on any atom is -0.497 e. The second kappa shape index (κ2) is 7.00. The van der Waals surface area contributed by atoms with Crippen LogP contribution in [0.3, 0.4) is 0 Å². The summed E-state index contributed by atoms with van der Waals surface area (Å²) in [6.07, 6.45) is 0.439. The van der Waals surface area contributed by atoms with Gasteiger partial charge in [0.15, 0.2) is 5.12 Å². The lowest BCUT2D eigenvalue weighted by Crippen LogP contribution is -1.98. The zero-order chi connectivity index (χ0) is 13.5. The van der Waals surface area contributed by atoms with Gasteiger partial charge in [-0.25, -0.2) is 0 Å². The van der Waals surface area contributed by atoms with E-state index in [9.17, 15) is 4.79 Å². The minimum absolute atomic E-state index is 0.178. The number of benzene rings is 2. The fourth-order valence-corrected chi connectivity index (χ4v) is 2.53. The first-order valence-corrected chi connectivity index (χ1v) is 7.09. The standard InChI is InChI=1S/C16H16O2S/c1-18-15-9-5-8-14(10-15)11-16(17)19-12-13-6-3-2-4-7-13/h2-10H,11-12H2,1H3. The van der Waals surface area contributed by atoms with Crippen molar-refractivity contribution in [2.45, 2.75) is 12.2 Å². The zero-order valence-electron chi connectivity index (χ0n) is 10.8. The molecule has 0 fully saturated rings. The highest BCUT2D eigenvalue weighted by Crippen LogP contribution is 2.18. The largest absolute Gasteiger partial charge is 0.497 e. The molecule has 2 rings (SSSR count). The van der Waals surface area contributed by atoms with Gasteiger partial charge < -0.3 is 4.74 Å². The van der Waals surface area contributed by atoms with Gasteiger partial charge >= 0.3 is 0 Å². The van der Waals surface area contributed by atoms with Gasteiger partial charge in [-0.05, 0) is 23.3 Å². The molecule has 0 aliphatic carbocycles. The Bertz CT molecular complexity index is 537. The molecule has 0 aliphatic heterocycles. The maximum atomic E-state index is 11.9. The molecule has 0 bridgehead atoms. The SMILES string of the molecule is COc1cccc(CC(=O)SCc2ccccc2)c1. The van der Waals surface area contributed by atoms with Crippen LogP contribution in [0.25, 0.3) is 0 Å². The van der Waals surface area contributed by atoms with Crippen molar-refractivity contribution in [2.75, 3.05) is 7.11 Å². The molecule has 0 unspecified atom stereocenters. The molecule has 0 saturated carbocycles. The van der Waals surface area contributed by atoms with E-state index in [-0.39, 0.29) is 5.12 Å². The van der Waals surface area contributed by atoms with E-state index in [2.05, 4.69) is 0 Å². The summed E-state index contributed by atoms with van der Waals surface area (Å²) in [4.78, 5) is 11.9. The van der Waals surface area contributed by atoms with E-state index in [1.54, 1.807) is 7.11 Å². The molecule has 0 spiro atoms.